The van der Waals surface area contributed by atoms with E-state index in [0.717, 1.165) is 42.6 Å². The Kier molecular flexibility index (Phi) is 8.63. The largest absolute Gasteiger partial charge is 0.481 e. The van der Waals surface area contributed by atoms with E-state index >= 15 is 0 Å². The molecule has 0 aromatic heterocycles. The van der Waals surface area contributed by atoms with Gasteiger partial charge in [0.15, 0.2) is 0 Å². The second kappa shape index (κ2) is 11.6. The maximum Gasteiger partial charge on any atom is 0.318 e. The van der Waals surface area contributed by atoms with Crippen LogP contribution in [0.2, 0.25) is 0 Å². The topological polar surface area (TPSA) is 69.6 Å². The molecule has 6 heteroatoms. The first-order valence-electron chi connectivity index (χ1n) is 10.6. The highest BCUT2D eigenvalue weighted by molar-refractivity contribution is 8.00. The Morgan fingerprint density at radius 3 is 2.33 bits per heavy atom. The van der Waals surface area contributed by atoms with E-state index in [9.17, 15) is 9.59 Å². The standard InChI is InChI=1S/C24H30N2O3S/c27-23(28)14-8-7-13-22-15-21(18-30-22)26(17-20-11-5-2-6-12-20)24(29)25-16-19-9-3-1-4-10-19/h1-6,9-12,21-22H,7-8,13-18H2,(H,25,29)(H,27,28)/t21-,22-/m1/s1. The summed E-state index contributed by atoms with van der Waals surface area (Å²) in [5.74, 6) is 0.200. The molecule has 2 amide bonds. The van der Waals surface area contributed by atoms with Gasteiger partial charge in [0.1, 0.15) is 0 Å². The van der Waals surface area contributed by atoms with Crippen LogP contribution in [-0.4, -0.2) is 39.1 Å². The molecule has 1 heterocycles. The number of carbonyl (C=O) groups excluding carboxylic acids is 1. The molecular weight excluding hydrogens is 396 g/mol. The predicted octanol–water partition coefficient (Wildman–Crippen LogP) is 4.92. The molecule has 2 atom stereocenters. The molecule has 0 aliphatic carbocycles. The molecule has 5 nitrogen and oxygen atoms in total. The van der Waals surface area contributed by atoms with E-state index in [2.05, 4.69) is 17.4 Å². The molecule has 160 valence electrons. The Morgan fingerprint density at radius 2 is 1.67 bits per heavy atom. The number of carboxylic acids is 1. The highest BCUT2D eigenvalue weighted by atomic mass is 32.2. The number of hydrogen-bond donors (Lipinski definition) is 2. The van der Waals surface area contributed by atoms with Crippen LogP contribution in [0, 0.1) is 0 Å². The zero-order chi connectivity index (χ0) is 21.2. The van der Waals surface area contributed by atoms with Crippen LogP contribution in [0.3, 0.4) is 0 Å². The molecule has 2 aromatic carbocycles. The minimum absolute atomic E-state index is 0.0279. The maximum atomic E-state index is 13.1. The molecule has 2 aromatic rings. The Labute approximate surface area is 182 Å². The van der Waals surface area contributed by atoms with Crippen LogP contribution in [-0.2, 0) is 17.9 Å². The van der Waals surface area contributed by atoms with Gasteiger partial charge in [-0.15, -0.1) is 0 Å². The van der Waals surface area contributed by atoms with Crippen molar-refractivity contribution in [2.75, 3.05) is 5.75 Å². The summed E-state index contributed by atoms with van der Waals surface area (Å²) in [5, 5.41) is 12.4. The van der Waals surface area contributed by atoms with Crippen molar-refractivity contribution in [3.8, 4) is 0 Å². The van der Waals surface area contributed by atoms with Gasteiger partial charge < -0.3 is 15.3 Å². The van der Waals surface area contributed by atoms with Crippen molar-refractivity contribution >= 4 is 23.8 Å². The monoisotopic (exact) mass is 426 g/mol. The first-order chi connectivity index (χ1) is 14.6. The van der Waals surface area contributed by atoms with E-state index < -0.39 is 5.97 Å². The van der Waals surface area contributed by atoms with Crippen molar-refractivity contribution in [3.63, 3.8) is 0 Å². The highest BCUT2D eigenvalue weighted by Gasteiger charge is 2.32. The van der Waals surface area contributed by atoms with E-state index in [1.165, 1.54) is 0 Å². The lowest BCUT2D eigenvalue weighted by atomic mass is 10.1. The Bertz CT molecular complexity index is 801. The Balaban J connectivity index is 1.58. The number of hydrogen-bond acceptors (Lipinski definition) is 3. The summed E-state index contributed by atoms with van der Waals surface area (Å²) in [7, 11) is 0. The average Bonchev–Trinajstić information content (AvgIpc) is 3.23. The number of unbranched alkanes of at least 4 members (excludes halogenated alkanes) is 1. The van der Waals surface area contributed by atoms with Gasteiger partial charge in [0.2, 0.25) is 0 Å². The second-order valence-corrected chi connectivity index (χ2v) is 9.08. The van der Waals surface area contributed by atoms with Crippen LogP contribution >= 0.6 is 11.8 Å². The van der Waals surface area contributed by atoms with Crippen LogP contribution < -0.4 is 5.32 Å². The lowest BCUT2D eigenvalue weighted by molar-refractivity contribution is -0.137. The van der Waals surface area contributed by atoms with Gasteiger partial charge in [-0.2, -0.15) is 11.8 Å². The molecule has 0 unspecified atom stereocenters. The van der Waals surface area contributed by atoms with E-state index in [1.807, 2.05) is 65.2 Å². The fraction of sp³-hybridized carbons (Fsp3) is 0.417. The third-order valence-corrected chi connectivity index (χ3v) is 6.89. The van der Waals surface area contributed by atoms with Crippen LogP contribution in [0.5, 0.6) is 0 Å². The summed E-state index contributed by atoms with van der Waals surface area (Å²) < 4.78 is 0. The van der Waals surface area contributed by atoms with Gasteiger partial charge >= 0.3 is 12.0 Å². The third kappa shape index (κ3) is 7.10. The number of aliphatic carboxylic acids is 1. The zero-order valence-corrected chi connectivity index (χ0v) is 18.0. The van der Waals surface area contributed by atoms with Gasteiger partial charge in [-0.25, -0.2) is 4.79 Å². The molecule has 0 saturated carbocycles. The van der Waals surface area contributed by atoms with Crippen LogP contribution in [0.4, 0.5) is 4.79 Å². The van der Waals surface area contributed by atoms with Crippen molar-refractivity contribution in [2.24, 2.45) is 0 Å². The van der Waals surface area contributed by atoms with E-state index in [4.69, 9.17) is 5.11 Å². The molecule has 0 spiro atoms. The number of amides is 2. The van der Waals surface area contributed by atoms with Crippen LogP contribution in [0.25, 0.3) is 0 Å². The summed E-state index contributed by atoms with van der Waals surface area (Å²) in [5.41, 5.74) is 2.21. The molecule has 0 radical (unpaired) electrons. The summed E-state index contributed by atoms with van der Waals surface area (Å²) in [6.45, 7) is 1.11. The summed E-state index contributed by atoms with van der Waals surface area (Å²) in [4.78, 5) is 25.8. The van der Waals surface area contributed by atoms with Gasteiger partial charge in [0.05, 0.1) is 0 Å². The third-order valence-electron chi connectivity index (χ3n) is 5.41. The molecule has 1 saturated heterocycles. The number of thioether (sulfide) groups is 1. The molecule has 3 rings (SSSR count). The van der Waals surface area contributed by atoms with E-state index in [0.29, 0.717) is 18.3 Å². The smallest absolute Gasteiger partial charge is 0.318 e. The minimum Gasteiger partial charge on any atom is -0.481 e. The zero-order valence-electron chi connectivity index (χ0n) is 17.2. The quantitative estimate of drug-likeness (QED) is 0.529. The number of nitrogens with zero attached hydrogens (tertiary/aromatic N) is 1. The molecule has 0 bridgehead atoms. The lowest BCUT2D eigenvalue weighted by Gasteiger charge is -2.29. The summed E-state index contributed by atoms with van der Waals surface area (Å²) in [6.07, 6.45) is 3.86. The van der Waals surface area contributed by atoms with Crippen molar-refractivity contribution < 1.29 is 14.7 Å². The average molecular weight is 427 g/mol. The fourth-order valence-corrected chi connectivity index (χ4v) is 5.28. The minimum atomic E-state index is -0.726. The van der Waals surface area contributed by atoms with E-state index in [1.54, 1.807) is 0 Å². The van der Waals surface area contributed by atoms with Crippen molar-refractivity contribution in [3.05, 3.63) is 71.8 Å². The molecule has 1 fully saturated rings. The Morgan fingerprint density at radius 1 is 1.00 bits per heavy atom. The molecule has 2 N–H and O–H groups in total. The first kappa shape index (κ1) is 22.2. The number of carboxylic acid groups (broad SMARTS) is 1. The van der Waals surface area contributed by atoms with Gasteiger partial charge in [-0.1, -0.05) is 67.1 Å². The fourth-order valence-electron chi connectivity index (χ4n) is 3.78. The SMILES string of the molecule is O=C(O)CCCC[C@@H]1C[C@@H](N(Cc2ccccc2)C(=O)NCc2ccccc2)CS1. The van der Waals surface area contributed by atoms with Crippen molar-refractivity contribution in [1.82, 2.24) is 10.2 Å². The summed E-state index contributed by atoms with van der Waals surface area (Å²) in [6, 6.07) is 20.2. The second-order valence-electron chi connectivity index (χ2n) is 7.74. The number of carbonyl (C=O) groups is 2. The lowest BCUT2D eigenvalue weighted by Crippen LogP contribution is -2.45. The normalized spacial score (nSPS) is 18.1. The Hall–Kier alpha value is -2.47. The van der Waals surface area contributed by atoms with Gasteiger partial charge in [0, 0.05) is 36.6 Å². The van der Waals surface area contributed by atoms with Gasteiger partial charge in [-0.05, 0) is 30.4 Å². The van der Waals surface area contributed by atoms with Gasteiger partial charge in [-0.3, -0.25) is 4.79 Å². The first-order valence-corrected chi connectivity index (χ1v) is 11.6. The molecular formula is C24H30N2O3S. The van der Waals surface area contributed by atoms with Crippen LogP contribution in [0.15, 0.2) is 60.7 Å². The van der Waals surface area contributed by atoms with Crippen LogP contribution in [0.1, 0.15) is 43.2 Å². The molecule has 1 aliphatic heterocycles. The number of benzene rings is 2. The number of rotatable bonds is 10. The molecule has 1 aliphatic rings. The summed E-state index contributed by atoms with van der Waals surface area (Å²) >= 11 is 1.91. The maximum absolute atomic E-state index is 13.1. The highest BCUT2D eigenvalue weighted by Crippen LogP contribution is 2.34. The van der Waals surface area contributed by atoms with E-state index in [-0.39, 0.29) is 18.5 Å². The van der Waals surface area contributed by atoms with Crippen molar-refractivity contribution in [2.45, 2.75) is 56.5 Å². The number of nitrogens with one attached hydrogen (secondary N) is 1. The molecule has 30 heavy (non-hydrogen) atoms. The number of urea groups is 1. The van der Waals surface area contributed by atoms with Crippen molar-refractivity contribution in [1.29, 1.82) is 0 Å². The van der Waals surface area contributed by atoms with Gasteiger partial charge in [0.25, 0.3) is 0 Å². The predicted molar refractivity (Wildman–Crippen MR) is 121 cm³/mol.